The van der Waals surface area contributed by atoms with Gasteiger partial charge in [0.1, 0.15) is 6.17 Å². The Morgan fingerprint density at radius 1 is 1.60 bits per heavy atom. The molecule has 1 rings (SSSR count). The topological polar surface area (TPSA) is 37.3 Å². The highest BCUT2D eigenvalue weighted by Gasteiger charge is 2.13. The van der Waals surface area contributed by atoms with Crippen molar-refractivity contribution in [1.29, 1.82) is 0 Å². The number of carboxylic acid groups (broad SMARTS) is 1. The number of hydrogen-bond acceptors (Lipinski definition) is 1. The van der Waals surface area contributed by atoms with Gasteiger partial charge >= 0.3 is 5.97 Å². The van der Waals surface area contributed by atoms with Gasteiger partial charge in [0.15, 0.2) is 0 Å². The molecule has 4 heteroatoms. The monoisotopic (exact) mass is 230 g/mol. The number of benzene rings is 1. The van der Waals surface area contributed by atoms with Gasteiger partial charge in [-0.15, -0.1) is 0 Å². The largest absolute Gasteiger partial charge is 0.481 e. The fourth-order valence-electron chi connectivity index (χ4n) is 1.49. The first-order valence-electron chi connectivity index (χ1n) is 4.65. The molecule has 0 bridgehead atoms. The van der Waals surface area contributed by atoms with E-state index in [0.717, 1.165) is 0 Å². The fraction of sp³-hybridized carbons (Fsp3) is 0.364. The molecule has 0 aliphatic carbocycles. The highest BCUT2D eigenvalue weighted by Crippen LogP contribution is 2.29. The molecule has 0 saturated heterocycles. The Kier molecular flexibility index (Phi) is 4.09. The van der Waals surface area contributed by atoms with E-state index in [2.05, 4.69) is 0 Å². The maximum Gasteiger partial charge on any atom is 0.303 e. The summed E-state index contributed by atoms with van der Waals surface area (Å²) in [5, 5.41) is 8.90. The van der Waals surface area contributed by atoms with Crippen LogP contribution in [0.1, 0.15) is 30.6 Å². The van der Waals surface area contributed by atoms with Crippen LogP contribution in [0.25, 0.3) is 0 Å². The van der Waals surface area contributed by atoms with E-state index in [1.807, 2.05) is 0 Å². The molecule has 0 aromatic heterocycles. The third kappa shape index (κ3) is 3.20. The van der Waals surface area contributed by atoms with Gasteiger partial charge in [-0.3, -0.25) is 4.79 Å². The van der Waals surface area contributed by atoms with Crippen molar-refractivity contribution < 1.29 is 14.3 Å². The lowest BCUT2D eigenvalue weighted by molar-refractivity contribution is -0.136. The molecule has 0 saturated carbocycles. The van der Waals surface area contributed by atoms with Crippen LogP contribution in [0.5, 0.6) is 0 Å². The molecule has 1 N–H and O–H groups in total. The zero-order valence-corrected chi connectivity index (χ0v) is 9.09. The summed E-state index contributed by atoms with van der Waals surface area (Å²) < 4.78 is 13.2. The van der Waals surface area contributed by atoms with Crippen molar-refractivity contribution in [2.45, 2.75) is 25.9 Å². The second-order valence-electron chi connectivity index (χ2n) is 3.32. The van der Waals surface area contributed by atoms with Crippen LogP contribution < -0.4 is 0 Å². The molecule has 0 heterocycles. The summed E-state index contributed by atoms with van der Waals surface area (Å²) in [7, 11) is 0. The standard InChI is InChI=1S/C11H12ClFO2/c1-7(13)11-8(5-6-10(14)15)3-2-4-9(11)12/h2-4,7H,5-6H2,1H3,(H,14,15). The van der Waals surface area contributed by atoms with Crippen molar-refractivity contribution in [3.63, 3.8) is 0 Å². The normalized spacial score (nSPS) is 12.5. The third-order valence-corrected chi connectivity index (χ3v) is 2.48. The van der Waals surface area contributed by atoms with Gasteiger partial charge in [0, 0.05) is 17.0 Å². The summed E-state index contributed by atoms with van der Waals surface area (Å²) in [6.07, 6.45) is -0.887. The van der Waals surface area contributed by atoms with E-state index in [4.69, 9.17) is 16.7 Å². The van der Waals surface area contributed by atoms with Gasteiger partial charge in [-0.05, 0) is 25.0 Å². The first kappa shape index (κ1) is 12.0. The minimum Gasteiger partial charge on any atom is -0.481 e. The van der Waals surface area contributed by atoms with Gasteiger partial charge in [-0.2, -0.15) is 0 Å². The average Bonchev–Trinajstić information content (AvgIpc) is 2.13. The van der Waals surface area contributed by atoms with Gasteiger partial charge < -0.3 is 5.11 Å². The van der Waals surface area contributed by atoms with Crippen LogP contribution >= 0.6 is 11.6 Å². The summed E-state index contributed by atoms with van der Waals surface area (Å²) in [5.41, 5.74) is 1.07. The van der Waals surface area contributed by atoms with E-state index in [1.54, 1.807) is 18.2 Å². The van der Waals surface area contributed by atoms with Gasteiger partial charge in [-0.1, -0.05) is 23.7 Å². The summed E-state index contributed by atoms with van der Waals surface area (Å²) in [4.78, 5) is 10.4. The van der Waals surface area contributed by atoms with Crippen LogP contribution in [0.15, 0.2) is 18.2 Å². The zero-order valence-electron chi connectivity index (χ0n) is 8.34. The van der Waals surface area contributed by atoms with Crippen LogP contribution in [-0.2, 0) is 11.2 Å². The number of hydrogen-bond donors (Lipinski definition) is 1. The molecule has 0 fully saturated rings. The Labute approximate surface area is 92.7 Å². The molecule has 0 aliphatic rings. The average molecular weight is 231 g/mol. The van der Waals surface area contributed by atoms with Crippen LogP contribution in [0, 0.1) is 0 Å². The second kappa shape index (κ2) is 5.12. The molecule has 0 spiro atoms. The molecule has 2 nitrogen and oxygen atoms in total. The lowest BCUT2D eigenvalue weighted by Gasteiger charge is -2.11. The predicted octanol–water partition coefficient (Wildman–Crippen LogP) is 3.39. The highest BCUT2D eigenvalue weighted by atomic mass is 35.5. The summed E-state index contributed by atoms with van der Waals surface area (Å²) in [6.45, 7) is 1.39. The van der Waals surface area contributed by atoms with E-state index < -0.39 is 12.1 Å². The van der Waals surface area contributed by atoms with Gasteiger partial charge in [0.25, 0.3) is 0 Å². The number of carboxylic acids is 1. The van der Waals surface area contributed by atoms with Crippen LogP contribution in [0.2, 0.25) is 5.02 Å². The van der Waals surface area contributed by atoms with Crippen LogP contribution in [0.3, 0.4) is 0 Å². The van der Waals surface area contributed by atoms with Gasteiger partial charge in [0.05, 0.1) is 0 Å². The number of carbonyl (C=O) groups is 1. The molecule has 1 unspecified atom stereocenters. The first-order chi connectivity index (χ1) is 7.02. The van der Waals surface area contributed by atoms with Crippen LogP contribution in [-0.4, -0.2) is 11.1 Å². The van der Waals surface area contributed by atoms with E-state index in [9.17, 15) is 9.18 Å². The van der Waals surface area contributed by atoms with E-state index in [0.29, 0.717) is 22.6 Å². The van der Waals surface area contributed by atoms with E-state index >= 15 is 0 Å². The molecular weight excluding hydrogens is 219 g/mol. The van der Waals surface area contributed by atoms with Crippen molar-refractivity contribution >= 4 is 17.6 Å². The predicted molar refractivity (Wildman–Crippen MR) is 56.9 cm³/mol. The van der Waals surface area contributed by atoms with Crippen molar-refractivity contribution in [3.05, 3.63) is 34.3 Å². The number of aryl methyl sites for hydroxylation is 1. The first-order valence-corrected chi connectivity index (χ1v) is 5.03. The van der Waals surface area contributed by atoms with Crippen molar-refractivity contribution in [1.82, 2.24) is 0 Å². The Hall–Kier alpha value is -1.09. The maximum absolute atomic E-state index is 13.2. The lowest BCUT2D eigenvalue weighted by Crippen LogP contribution is -2.01. The number of rotatable bonds is 4. The molecule has 0 amide bonds. The Balaban J connectivity index is 2.95. The lowest BCUT2D eigenvalue weighted by atomic mass is 10.00. The highest BCUT2D eigenvalue weighted by molar-refractivity contribution is 6.31. The molecule has 82 valence electrons. The summed E-state index contributed by atoms with van der Waals surface area (Å²) in [5.74, 6) is -0.896. The molecule has 15 heavy (non-hydrogen) atoms. The van der Waals surface area contributed by atoms with Gasteiger partial charge in [-0.25, -0.2) is 4.39 Å². The van der Waals surface area contributed by atoms with Crippen LogP contribution in [0.4, 0.5) is 4.39 Å². The number of halogens is 2. The quantitative estimate of drug-likeness (QED) is 0.861. The third-order valence-electron chi connectivity index (χ3n) is 2.15. The molecule has 1 aromatic carbocycles. The van der Waals surface area contributed by atoms with E-state index in [-0.39, 0.29) is 6.42 Å². The summed E-state index contributed by atoms with van der Waals surface area (Å²) >= 11 is 5.85. The van der Waals surface area contributed by atoms with Gasteiger partial charge in [0.2, 0.25) is 0 Å². The Bertz CT molecular complexity index is 364. The molecule has 0 aliphatic heterocycles. The fourth-order valence-corrected chi connectivity index (χ4v) is 1.83. The molecule has 1 aromatic rings. The molecule has 0 radical (unpaired) electrons. The maximum atomic E-state index is 13.2. The van der Waals surface area contributed by atoms with Crippen molar-refractivity contribution in [2.24, 2.45) is 0 Å². The minimum atomic E-state index is -1.18. The van der Waals surface area contributed by atoms with E-state index in [1.165, 1.54) is 6.92 Å². The molecule has 1 atom stereocenters. The number of alkyl halides is 1. The smallest absolute Gasteiger partial charge is 0.303 e. The zero-order chi connectivity index (χ0) is 11.4. The minimum absolute atomic E-state index is 0.0138. The second-order valence-corrected chi connectivity index (χ2v) is 3.73. The van der Waals surface area contributed by atoms with Crippen molar-refractivity contribution in [3.8, 4) is 0 Å². The Morgan fingerprint density at radius 2 is 2.27 bits per heavy atom. The number of aliphatic carboxylic acids is 1. The van der Waals surface area contributed by atoms with Crippen molar-refractivity contribution in [2.75, 3.05) is 0 Å². The Morgan fingerprint density at radius 3 is 2.80 bits per heavy atom. The SMILES string of the molecule is CC(F)c1c(Cl)cccc1CCC(=O)O. The summed E-state index contributed by atoms with van der Waals surface area (Å²) in [6, 6.07) is 5.02. The molecular formula is C11H12ClFO2.